The van der Waals surface area contributed by atoms with E-state index in [1.165, 1.54) is 5.56 Å². The van der Waals surface area contributed by atoms with Crippen LogP contribution >= 0.6 is 0 Å². The fraction of sp³-hybridized carbons (Fsp3) is 0.200. The van der Waals surface area contributed by atoms with Gasteiger partial charge in [0.1, 0.15) is 24.3 Å². The smallest absolute Gasteiger partial charge is 0.216 e. The Morgan fingerprint density at radius 3 is 2.36 bits per heavy atom. The number of pyridine rings is 1. The Bertz CT molecular complexity index is 1540. The van der Waals surface area contributed by atoms with Crippen molar-refractivity contribution >= 4 is 21.9 Å². The summed E-state index contributed by atoms with van der Waals surface area (Å²) >= 11 is 0. The van der Waals surface area contributed by atoms with E-state index < -0.39 is 0 Å². The van der Waals surface area contributed by atoms with Crippen LogP contribution in [-0.4, -0.2) is 0 Å². The molecule has 5 aromatic rings. The molecule has 0 aliphatic heterocycles. The molecule has 0 bridgehead atoms. The van der Waals surface area contributed by atoms with Crippen molar-refractivity contribution in [3.8, 4) is 28.5 Å². The van der Waals surface area contributed by atoms with Crippen molar-refractivity contribution in [2.24, 2.45) is 13.0 Å². The largest absolute Gasteiger partial charge is 0.454 e. The first-order valence-corrected chi connectivity index (χ1v) is 11.4. The molecular formula is C30H27N2O+. The Balaban J connectivity index is 1.92. The second kappa shape index (κ2) is 8.22. The van der Waals surface area contributed by atoms with Crippen molar-refractivity contribution in [3.63, 3.8) is 0 Å². The molecule has 0 spiro atoms. The van der Waals surface area contributed by atoms with Crippen LogP contribution in [0.1, 0.15) is 30.5 Å². The molecule has 162 valence electrons. The molecule has 0 N–H and O–H groups in total. The summed E-state index contributed by atoms with van der Waals surface area (Å²) in [5, 5.41) is 12.4. The Morgan fingerprint density at radius 2 is 1.67 bits per heavy atom. The lowest BCUT2D eigenvalue weighted by Crippen LogP contribution is -2.30. The minimum atomic E-state index is 0.468. The van der Waals surface area contributed by atoms with Crippen LogP contribution in [-0.2, 0) is 13.5 Å². The maximum absolute atomic E-state index is 10.3. The van der Waals surface area contributed by atoms with Crippen LogP contribution in [0.2, 0.25) is 0 Å². The predicted molar refractivity (Wildman–Crippen MR) is 134 cm³/mol. The summed E-state index contributed by atoms with van der Waals surface area (Å²) in [6.07, 6.45) is 2.94. The SMILES string of the molecule is Cc1ccc2c(oc3c(C#N)c(-c4ccccc4)c(CC(C)C)cc32)c1-c1cccc[n+]1C. The Hall–Kier alpha value is -3.90. The van der Waals surface area contributed by atoms with Crippen molar-refractivity contribution in [2.45, 2.75) is 27.2 Å². The van der Waals surface area contributed by atoms with E-state index in [4.69, 9.17) is 4.42 Å². The van der Waals surface area contributed by atoms with Gasteiger partial charge in [-0.25, -0.2) is 4.57 Å². The van der Waals surface area contributed by atoms with Gasteiger partial charge >= 0.3 is 0 Å². The van der Waals surface area contributed by atoms with Crippen LogP contribution in [0.5, 0.6) is 0 Å². The first kappa shape index (κ1) is 21.0. The minimum absolute atomic E-state index is 0.468. The summed E-state index contributed by atoms with van der Waals surface area (Å²) in [5.41, 5.74) is 8.66. The average Bonchev–Trinajstić information content (AvgIpc) is 3.17. The zero-order valence-corrected chi connectivity index (χ0v) is 19.5. The first-order valence-electron chi connectivity index (χ1n) is 11.4. The minimum Gasteiger partial charge on any atom is -0.454 e. The summed E-state index contributed by atoms with van der Waals surface area (Å²) in [7, 11) is 2.05. The van der Waals surface area contributed by atoms with Gasteiger partial charge in [-0.3, -0.25) is 0 Å². The lowest BCUT2D eigenvalue weighted by Gasteiger charge is -2.14. The fourth-order valence-electron chi connectivity index (χ4n) is 4.87. The maximum atomic E-state index is 10.3. The molecule has 0 aliphatic carbocycles. The molecule has 5 rings (SSSR count). The van der Waals surface area contributed by atoms with Gasteiger partial charge < -0.3 is 4.42 Å². The third-order valence-electron chi connectivity index (χ3n) is 6.34. The lowest BCUT2D eigenvalue weighted by molar-refractivity contribution is -0.660. The monoisotopic (exact) mass is 431 g/mol. The van der Waals surface area contributed by atoms with E-state index in [1.54, 1.807) is 0 Å². The number of fused-ring (bicyclic) bond motifs is 3. The number of benzene rings is 3. The van der Waals surface area contributed by atoms with Gasteiger partial charge in [-0.2, -0.15) is 5.26 Å². The van der Waals surface area contributed by atoms with Gasteiger partial charge in [-0.15, -0.1) is 0 Å². The number of aromatic nitrogens is 1. The Kier molecular flexibility index (Phi) is 5.23. The molecule has 33 heavy (non-hydrogen) atoms. The number of hydrogen-bond donors (Lipinski definition) is 0. The van der Waals surface area contributed by atoms with Gasteiger partial charge in [0.25, 0.3) is 0 Å². The Labute approximate surface area is 194 Å². The number of rotatable bonds is 4. The zero-order chi connectivity index (χ0) is 23.1. The molecule has 0 saturated heterocycles. The van der Waals surface area contributed by atoms with Crippen LogP contribution in [0, 0.1) is 24.2 Å². The number of aryl methyl sites for hydroxylation is 2. The van der Waals surface area contributed by atoms with Gasteiger partial charge in [0.2, 0.25) is 5.69 Å². The van der Waals surface area contributed by atoms with Crippen molar-refractivity contribution in [2.75, 3.05) is 0 Å². The van der Waals surface area contributed by atoms with Crippen LogP contribution < -0.4 is 4.57 Å². The molecule has 0 atom stereocenters. The van der Waals surface area contributed by atoms with Crippen LogP contribution in [0.4, 0.5) is 0 Å². The molecule has 2 heterocycles. The normalized spacial score (nSPS) is 11.4. The standard InChI is InChI=1S/C30H27N2O/c1-19(2)16-22-17-24-23-14-13-20(3)27(26-12-8-9-15-32(26)4)30(23)33-29(24)25(18-31)28(22)21-10-6-5-7-11-21/h5-15,17,19H,16H2,1-4H3/q+1. The predicted octanol–water partition coefficient (Wildman–Crippen LogP) is 7.12. The van der Waals surface area contributed by atoms with Crippen molar-refractivity contribution in [1.29, 1.82) is 5.26 Å². The highest BCUT2D eigenvalue weighted by atomic mass is 16.3. The highest BCUT2D eigenvalue weighted by molar-refractivity contribution is 6.12. The number of nitriles is 1. The van der Waals surface area contributed by atoms with Gasteiger partial charge in [0, 0.05) is 28.5 Å². The molecule has 3 heteroatoms. The molecule has 0 aliphatic rings. The zero-order valence-electron chi connectivity index (χ0n) is 19.5. The van der Waals surface area contributed by atoms with Gasteiger partial charge in [0.05, 0.1) is 5.56 Å². The number of nitrogens with zero attached hydrogens (tertiary/aromatic N) is 2. The first-order chi connectivity index (χ1) is 16.0. The fourth-order valence-corrected chi connectivity index (χ4v) is 4.87. The molecule has 0 fully saturated rings. The second-order valence-corrected chi connectivity index (χ2v) is 9.17. The van der Waals surface area contributed by atoms with E-state index in [0.29, 0.717) is 17.1 Å². The van der Waals surface area contributed by atoms with Crippen molar-refractivity contribution in [1.82, 2.24) is 0 Å². The van der Waals surface area contributed by atoms with E-state index in [1.807, 2.05) is 43.6 Å². The molecular weight excluding hydrogens is 404 g/mol. The molecule has 0 unspecified atom stereocenters. The molecule has 0 saturated carbocycles. The Morgan fingerprint density at radius 1 is 0.909 bits per heavy atom. The van der Waals surface area contributed by atoms with E-state index >= 15 is 0 Å². The van der Waals surface area contributed by atoms with Crippen molar-refractivity contribution in [3.05, 3.63) is 89.6 Å². The van der Waals surface area contributed by atoms with E-state index in [9.17, 15) is 5.26 Å². The van der Waals surface area contributed by atoms with Gasteiger partial charge in [0.15, 0.2) is 11.8 Å². The summed E-state index contributed by atoms with van der Waals surface area (Å²) in [4.78, 5) is 0. The maximum Gasteiger partial charge on any atom is 0.216 e. The van der Waals surface area contributed by atoms with Gasteiger partial charge in [-0.05, 0) is 48.1 Å². The number of hydrogen-bond acceptors (Lipinski definition) is 2. The van der Waals surface area contributed by atoms with E-state index in [0.717, 1.165) is 50.7 Å². The second-order valence-electron chi connectivity index (χ2n) is 9.17. The molecule has 3 nitrogen and oxygen atoms in total. The third-order valence-corrected chi connectivity index (χ3v) is 6.34. The highest BCUT2D eigenvalue weighted by Gasteiger charge is 2.24. The van der Waals surface area contributed by atoms with Gasteiger partial charge in [-0.1, -0.05) is 56.3 Å². The number of furan rings is 1. The highest BCUT2D eigenvalue weighted by Crippen LogP contribution is 2.42. The summed E-state index contributed by atoms with van der Waals surface area (Å²) in [5.74, 6) is 0.468. The lowest BCUT2D eigenvalue weighted by atomic mass is 9.88. The van der Waals surface area contributed by atoms with Crippen LogP contribution in [0.25, 0.3) is 44.3 Å². The summed E-state index contributed by atoms with van der Waals surface area (Å²) in [6, 6.07) is 25.4. The molecule has 0 amide bonds. The van der Waals surface area contributed by atoms with E-state index in [-0.39, 0.29) is 0 Å². The van der Waals surface area contributed by atoms with Crippen LogP contribution in [0.15, 0.2) is 77.3 Å². The van der Waals surface area contributed by atoms with Crippen LogP contribution in [0.3, 0.4) is 0 Å². The third kappa shape index (κ3) is 3.49. The molecule has 0 radical (unpaired) electrons. The average molecular weight is 432 g/mol. The molecule has 3 aromatic carbocycles. The quantitative estimate of drug-likeness (QED) is 0.284. The van der Waals surface area contributed by atoms with Crippen molar-refractivity contribution < 1.29 is 8.98 Å². The topological polar surface area (TPSA) is 40.8 Å². The summed E-state index contributed by atoms with van der Waals surface area (Å²) in [6.45, 7) is 6.55. The van der Waals surface area contributed by atoms with E-state index in [2.05, 4.69) is 67.8 Å². The molecule has 2 aromatic heterocycles. The summed E-state index contributed by atoms with van der Waals surface area (Å²) < 4.78 is 8.69.